The largest absolute Gasteiger partial charge is 0.462 e. The number of carbonyl (C=O) groups excluding carboxylic acids is 2. The summed E-state index contributed by atoms with van der Waals surface area (Å²) in [4.78, 5) is 24.2. The Labute approximate surface area is 325 Å². The van der Waals surface area contributed by atoms with Crippen LogP contribution in [0, 0.1) is 0 Å². The van der Waals surface area contributed by atoms with Crippen LogP contribution in [-0.4, -0.2) is 36.4 Å². The van der Waals surface area contributed by atoms with Gasteiger partial charge in [-0.1, -0.05) is 181 Å². The van der Waals surface area contributed by atoms with Crippen LogP contribution >= 0.6 is 0 Å². The molecular formula is C48H76O5. The van der Waals surface area contributed by atoms with Crippen LogP contribution in [0.4, 0.5) is 0 Å². The van der Waals surface area contributed by atoms with E-state index in [0.717, 1.165) is 83.5 Å². The van der Waals surface area contributed by atoms with E-state index in [1.54, 1.807) is 0 Å². The standard InChI is InChI=1S/C48H76O5/c1-3-5-7-9-11-13-15-16-17-18-19-20-21-22-23-24-25-26-27-28-29-30-31-32-33-35-37-39-41-43-48(51)53-46(44-49)45-52-47(50)42-40-38-36-34-14-12-10-8-6-4-2/h5,7,11,13,16-17,19-20,22-23,25-26,28-29,31-32,35,37,46,49H,3-4,6,8-10,12,14-15,18,21,24,27,30,33-34,36,38-45H2,1-2H3/b7-5-,13-11-,17-16-,20-19-,23-22-,26-25-,29-28-,32-31-,37-35-. The Morgan fingerprint density at radius 3 is 1.21 bits per heavy atom. The third-order valence-electron chi connectivity index (χ3n) is 8.33. The third-order valence-corrected chi connectivity index (χ3v) is 8.33. The lowest BCUT2D eigenvalue weighted by molar-refractivity contribution is -0.161. The summed E-state index contributed by atoms with van der Waals surface area (Å²) in [5, 5.41) is 9.53. The van der Waals surface area contributed by atoms with Crippen LogP contribution < -0.4 is 0 Å². The molecule has 0 bridgehead atoms. The highest BCUT2D eigenvalue weighted by Gasteiger charge is 2.15. The number of aliphatic hydroxyl groups excluding tert-OH is 1. The zero-order chi connectivity index (χ0) is 38.6. The Bertz CT molecular complexity index is 1100. The number of aliphatic hydroxyl groups is 1. The molecule has 53 heavy (non-hydrogen) atoms. The van der Waals surface area contributed by atoms with Crippen molar-refractivity contribution in [3.05, 3.63) is 109 Å². The minimum atomic E-state index is -0.806. The van der Waals surface area contributed by atoms with Gasteiger partial charge in [0.05, 0.1) is 6.61 Å². The average molecular weight is 733 g/mol. The number of rotatable bonds is 36. The molecule has 5 heteroatoms. The molecule has 0 aromatic carbocycles. The molecular weight excluding hydrogens is 657 g/mol. The molecule has 0 amide bonds. The summed E-state index contributed by atoms with van der Waals surface area (Å²) in [6.07, 6.45) is 61.7. The van der Waals surface area contributed by atoms with E-state index in [1.807, 2.05) is 0 Å². The number of unbranched alkanes of at least 4 members (excludes halogenated alkanes) is 10. The predicted octanol–water partition coefficient (Wildman–Crippen LogP) is 13.5. The maximum atomic E-state index is 12.2. The molecule has 0 aliphatic heterocycles. The number of ether oxygens (including phenoxy) is 2. The van der Waals surface area contributed by atoms with E-state index in [-0.39, 0.29) is 31.6 Å². The van der Waals surface area contributed by atoms with Gasteiger partial charge in [-0.15, -0.1) is 0 Å². The molecule has 0 saturated heterocycles. The molecule has 0 saturated carbocycles. The van der Waals surface area contributed by atoms with Gasteiger partial charge in [-0.25, -0.2) is 0 Å². The number of carbonyl (C=O) groups is 2. The molecule has 0 fully saturated rings. The van der Waals surface area contributed by atoms with Crippen LogP contribution in [0.25, 0.3) is 0 Å². The summed E-state index contributed by atoms with van der Waals surface area (Å²) in [6.45, 7) is 3.94. The smallest absolute Gasteiger partial charge is 0.306 e. The van der Waals surface area contributed by atoms with E-state index >= 15 is 0 Å². The second-order valence-corrected chi connectivity index (χ2v) is 13.3. The molecule has 1 unspecified atom stereocenters. The quantitative estimate of drug-likeness (QED) is 0.0394. The fourth-order valence-corrected chi connectivity index (χ4v) is 5.20. The van der Waals surface area contributed by atoms with E-state index < -0.39 is 6.10 Å². The lowest BCUT2D eigenvalue weighted by atomic mass is 10.1. The minimum Gasteiger partial charge on any atom is -0.462 e. The molecule has 5 nitrogen and oxygen atoms in total. The number of hydrogen-bond donors (Lipinski definition) is 1. The Balaban J connectivity index is 3.74. The normalized spacial score (nSPS) is 13.3. The second kappa shape index (κ2) is 43.0. The molecule has 0 heterocycles. The van der Waals surface area contributed by atoms with Gasteiger partial charge in [0.1, 0.15) is 6.61 Å². The van der Waals surface area contributed by atoms with Crippen molar-refractivity contribution in [2.24, 2.45) is 0 Å². The fourth-order valence-electron chi connectivity index (χ4n) is 5.20. The van der Waals surface area contributed by atoms with Crippen molar-refractivity contribution in [3.63, 3.8) is 0 Å². The minimum absolute atomic E-state index is 0.0945. The molecule has 1 N–H and O–H groups in total. The van der Waals surface area contributed by atoms with Gasteiger partial charge >= 0.3 is 11.9 Å². The SMILES string of the molecule is CC/C=C\C/C=C\C/C=C\C/C=C\C/C=C\C/C=C\C/C=C\C/C=C\C/C=C\CCCC(=O)OC(CO)COC(=O)CCCCCCCCCCCC. The average Bonchev–Trinajstić information content (AvgIpc) is 3.16. The van der Waals surface area contributed by atoms with Crippen molar-refractivity contribution in [1.29, 1.82) is 0 Å². The molecule has 0 radical (unpaired) electrons. The Kier molecular flexibility index (Phi) is 40.2. The second-order valence-electron chi connectivity index (χ2n) is 13.3. The molecule has 0 aliphatic rings. The van der Waals surface area contributed by atoms with Crippen molar-refractivity contribution in [2.45, 2.75) is 168 Å². The van der Waals surface area contributed by atoms with Crippen LogP contribution in [0.2, 0.25) is 0 Å². The van der Waals surface area contributed by atoms with E-state index in [1.165, 1.54) is 44.9 Å². The lowest BCUT2D eigenvalue weighted by Crippen LogP contribution is -2.28. The summed E-state index contributed by atoms with van der Waals surface area (Å²) in [7, 11) is 0. The summed E-state index contributed by atoms with van der Waals surface area (Å²) in [6, 6.07) is 0. The van der Waals surface area contributed by atoms with E-state index in [2.05, 4.69) is 123 Å². The van der Waals surface area contributed by atoms with Gasteiger partial charge in [-0.05, 0) is 77.0 Å². The topological polar surface area (TPSA) is 72.8 Å². The molecule has 0 spiro atoms. The molecule has 0 rings (SSSR count). The summed E-state index contributed by atoms with van der Waals surface area (Å²) >= 11 is 0. The van der Waals surface area contributed by atoms with Gasteiger partial charge < -0.3 is 14.6 Å². The fraction of sp³-hybridized carbons (Fsp3) is 0.583. The molecule has 298 valence electrons. The van der Waals surface area contributed by atoms with Crippen molar-refractivity contribution in [1.82, 2.24) is 0 Å². The first-order chi connectivity index (χ1) is 26.1. The maximum Gasteiger partial charge on any atom is 0.306 e. The summed E-state index contributed by atoms with van der Waals surface area (Å²) < 4.78 is 10.5. The van der Waals surface area contributed by atoms with Crippen LogP contribution in [0.5, 0.6) is 0 Å². The van der Waals surface area contributed by atoms with E-state index in [0.29, 0.717) is 12.8 Å². The van der Waals surface area contributed by atoms with Gasteiger partial charge in [-0.2, -0.15) is 0 Å². The van der Waals surface area contributed by atoms with Crippen LogP contribution in [0.15, 0.2) is 109 Å². The van der Waals surface area contributed by atoms with Gasteiger partial charge in [0.25, 0.3) is 0 Å². The molecule has 1 atom stereocenters. The van der Waals surface area contributed by atoms with Crippen molar-refractivity contribution >= 4 is 11.9 Å². The summed E-state index contributed by atoms with van der Waals surface area (Å²) in [5.74, 6) is -0.672. The highest BCUT2D eigenvalue weighted by molar-refractivity contribution is 5.70. The summed E-state index contributed by atoms with van der Waals surface area (Å²) in [5.41, 5.74) is 0. The zero-order valence-corrected chi connectivity index (χ0v) is 33.7. The predicted molar refractivity (Wildman–Crippen MR) is 228 cm³/mol. The lowest BCUT2D eigenvalue weighted by Gasteiger charge is -2.15. The van der Waals surface area contributed by atoms with Gasteiger partial charge in [0.15, 0.2) is 6.10 Å². The van der Waals surface area contributed by atoms with Crippen molar-refractivity contribution in [2.75, 3.05) is 13.2 Å². The Morgan fingerprint density at radius 2 is 0.811 bits per heavy atom. The molecule has 0 aromatic rings. The number of allylic oxidation sites excluding steroid dienone is 18. The Hall–Kier alpha value is -3.44. The van der Waals surface area contributed by atoms with Crippen LogP contribution in [0.1, 0.15) is 162 Å². The molecule has 0 aromatic heterocycles. The van der Waals surface area contributed by atoms with Gasteiger partial charge in [-0.3, -0.25) is 9.59 Å². The number of esters is 2. The first-order valence-electron chi connectivity index (χ1n) is 20.9. The van der Waals surface area contributed by atoms with Gasteiger partial charge in [0.2, 0.25) is 0 Å². The van der Waals surface area contributed by atoms with Crippen molar-refractivity contribution < 1.29 is 24.2 Å². The van der Waals surface area contributed by atoms with Gasteiger partial charge in [0, 0.05) is 12.8 Å². The third kappa shape index (κ3) is 41.2. The Morgan fingerprint density at radius 1 is 0.453 bits per heavy atom. The first-order valence-corrected chi connectivity index (χ1v) is 20.9. The highest BCUT2D eigenvalue weighted by Crippen LogP contribution is 2.12. The maximum absolute atomic E-state index is 12.2. The zero-order valence-electron chi connectivity index (χ0n) is 33.7. The number of hydrogen-bond acceptors (Lipinski definition) is 5. The first kappa shape index (κ1) is 49.6. The van der Waals surface area contributed by atoms with Crippen LogP contribution in [0.3, 0.4) is 0 Å². The van der Waals surface area contributed by atoms with Crippen LogP contribution in [-0.2, 0) is 19.1 Å². The monoisotopic (exact) mass is 733 g/mol. The molecule has 0 aliphatic carbocycles. The van der Waals surface area contributed by atoms with Crippen molar-refractivity contribution in [3.8, 4) is 0 Å². The highest BCUT2D eigenvalue weighted by atomic mass is 16.6. The van der Waals surface area contributed by atoms with E-state index in [9.17, 15) is 14.7 Å². The van der Waals surface area contributed by atoms with E-state index in [4.69, 9.17) is 9.47 Å².